The van der Waals surface area contributed by atoms with Crippen molar-refractivity contribution in [1.29, 1.82) is 0 Å². The van der Waals surface area contributed by atoms with Gasteiger partial charge in [-0.25, -0.2) is 0 Å². The van der Waals surface area contributed by atoms with Crippen LogP contribution in [0.2, 0.25) is 0 Å². The van der Waals surface area contributed by atoms with Crippen molar-refractivity contribution in [2.45, 2.75) is 66.7 Å². The average molecular weight is 289 g/mol. The first-order valence-electron chi connectivity index (χ1n) is 7.79. The summed E-state index contributed by atoms with van der Waals surface area (Å²) in [7, 11) is 0. The third kappa shape index (κ3) is 3.73. The minimum atomic E-state index is 0.410. The van der Waals surface area contributed by atoms with E-state index in [-0.39, 0.29) is 0 Å². The number of nitrogens with one attached hydrogen (secondary N) is 1. The summed E-state index contributed by atoms with van der Waals surface area (Å²) in [5.74, 6) is 0. The van der Waals surface area contributed by atoms with E-state index in [2.05, 4.69) is 61.0 Å². The normalized spacial score (nSPS) is 11.5. The number of aromatic nitrogens is 4. The highest BCUT2D eigenvalue weighted by molar-refractivity contribution is 5.18. The van der Waals surface area contributed by atoms with Crippen molar-refractivity contribution in [3.63, 3.8) is 0 Å². The molecule has 5 heteroatoms. The van der Waals surface area contributed by atoms with Crippen LogP contribution >= 0.6 is 0 Å². The van der Waals surface area contributed by atoms with Gasteiger partial charge < -0.3 is 5.32 Å². The molecule has 116 valence electrons. The van der Waals surface area contributed by atoms with Crippen molar-refractivity contribution in [2.75, 3.05) is 0 Å². The molecule has 5 nitrogen and oxygen atoms in total. The highest BCUT2D eigenvalue weighted by atomic mass is 15.3. The Kier molecular flexibility index (Phi) is 5.17. The molecule has 2 aromatic heterocycles. The van der Waals surface area contributed by atoms with Gasteiger partial charge in [-0.15, -0.1) is 0 Å². The third-order valence-electron chi connectivity index (χ3n) is 3.77. The highest BCUT2D eigenvalue weighted by Gasteiger charge is 2.09. The van der Waals surface area contributed by atoms with Crippen LogP contribution in [0.25, 0.3) is 0 Å². The number of hydrogen-bond acceptors (Lipinski definition) is 3. The molecule has 2 rings (SSSR count). The van der Waals surface area contributed by atoms with Crippen LogP contribution in [0.15, 0.2) is 12.4 Å². The molecule has 0 aliphatic rings. The Morgan fingerprint density at radius 3 is 2.52 bits per heavy atom. The second kappa shape index (κ2) is 6.89. The molecule has 0 unspecified atom stereocenters. The first-order chi connectivity index (χ1) is 10.0. The Balaban J connectivity index is 1.92. The molecule has 0 spiro atoms. The van der Waals surface area contributed by atoms with E-state index in [4.69, 9.17) is 0 Å². The molecule has 0 aliphatic carbocycles. The van der Waals surface area contributed by atoms with Gasteiger partial charge in [-0.2, -0.15) is 10.2 Å². The first kappa shape index (κ1) is 15.8. The highest BCUT2D eigenvalue weighted by Crippen LogP contribution is 2.13. The predicted molar refractivity (Wildman–Crippen MR) is 85.1 cm³/mol. The van der Waals surface area contributed by atoms with Crippen LogP contribution < -0.4 is 5.32 Å². The van der Waals surface area contributed by atoms with Gasteiger partial charge in [-0.3, -0.25) is 9.36 Å². The van der Waals surface area contributed by atoms with E-state index in [1.54, 1.807) is 0 Å². The van der Waals surface area contributed by atoms with Gasteiger partial charge in [0, 0.05) is 48.7 Å². The second-order valence-corrected chi connectivity index (χ2v) is 5.90. The fourth-order valence-electron chi connectivity index (χ4n) is 2.56. The summed E-state index contributed by atoms with van der Waals surface area (Å²) in [5.41, 5.74) is 4.90. The zero-order valence-corrected chi connectivity index (χ0v) is 13.8. The molecule has 0 aromatic carbocycles. The molecule has 0 saturated heterocycles. The molecule has 0 fully saturated rings. The second-order valence-electron chi connectivity index (χ2n) is 5.90. The Bertz CT molecular complexity index is 580. The zero-order valence-electron chi connectivity index (χ0n) is 13.8. The molecule has 2 aromatic rings. The number of aryl methyl sites for hydroxylation is 2. The molecule has 0 saturated carbocycles. The summed E-state index contributed by atoms with van der Waals surface area (Å²) in [4.78, 5) is 0. The van der Waals surface area contributed by atoms with Crippen LogP contribution in [-0.2, 0) is 19.6 Å². The van der Waals surface area contributed by atoms with Gasteiger partial charge in [-0.1, -0.05) is 6.92 Å². The standard InChI is InChI=1S/C16H27N5/c1-6-7-20-11-16(13(4)19-20)9-17-8-15-10-18-21(12(2)3)14(15)5/h10-12,17H,6-9H2,1-5H3. The SMILES string of the molecule is CCCn1cc(CNCc2cnn(C(C)C)c2C)c(C)n1. The van der Waals surface area contributed by atoms with Crippen LogP contribution in [-0.4, -0.2) is 19.6 Å². The fraction of sp³-hybridized carbons (Fsp3) is 0.625. The fourth-order valence-corrected chi connectivity index (χ4v) is 2.56. The number of hydrogen-bond donors (Lipinski definition) is 1. The lowest BCUT2D eigenvalue weighted by molar-refractivity contribution is 0.517. The van der Waals surface area contributed by atoms with Crippen LogP contribution in [0.3, 0.4) is 0 Å². The smallest absolute Gasteiger partial charge is 0.0638 e. The maximum absolute atomic E-state index is 4.53. The summed E-state index contributed by atoms with van der Waals surface area (Å²) >= 11 is 0. The third-order valence-corrected chi connectivity index (χ3v) is 3.77. The van der Waals surface area contributed by atoms with Crippen LogP contribution in [0.5, 0.6) is 0 Å². The van der Waals surface area contributed by atoms with E-state index >= 15 is 0 Å². The van der Waals surface area contributed by atoms with Crippen molar-refractivity contribution in [3.8, 4) is 0 Å². The van der Waals surface area contributed by atoms with Gasteiger partial charge in [0.05, 0.1) is 11.9 Å². The summed E-state index contributed by atoms with van der Waals surface area (Å²) < 4.78 is 4.11. The Morgan fingerprint density at radius 1 is 1.19 bits per heavy atom. The van der Waals surface area contributed by atoms with Crippen LogP contribution in [0, 0.1) is 13.8 Å². The first-order valence-corrected chi connectivity index (χ1v) is 7.79. The van der Waals surface area contributed by atoms with Crippen LogP contribution in [0.4, 0.5) is 0 Å². The molecular formula is C16H27N5. The number of rotatable bonds is 7. The molecule has 0 aliphatic heterocycles. The van der Waals surface area contributed by atoms with Gasteiger partial charge in [0.25, 0.3) is 0 Å². The van der Waals surface area contributed by atoms with E-state index in [0.29, 0.717) is 6.04 Å². The quantitative estimate of drug-likeness (QED) is 0.852. The maximum atomic E-state index is 4.53. The van der Waals surface area contributed by atoms with Crippen molar-refractivity contribution >= 4 is 0 Å². The summed E-state index contributed by atoms with van der Waals surface area (Å²) in [5, 5.41) is 12.5. The minimum absolute atomic E-state index is 0.410. The van der Waals surface area contributed by atoms with Gasteiger partial charge >= 0.3 is 0 Å². The predicted octanol–water partition coefficient (Wildman–Crippen LogP) is 2.98. The van der Waals surface area contributed by atoms with Crippen molar-refractivity contribution in [1.82, 2.24) is 24.9 Å². The van der Waals surface area contributed by atoms with Crippen molar-refractivity contribution in [3.05, 3.63) is 34.9 Å². The van der Waals surface area contributed by atoms with E-state index < -0.39 is 0 Å². The Hall–Kier alpha value is -1.62. The summed E-state index contributed by atoms with van der Waals surface area (Å²) in [6, 6.07) is 0.410. The molecule has 0 atom stereocenters. The van der Waals surface area contributed by atoms with Crippen molar-refractivity contribution in [2.24, 2.45) is 0 Å². The monoisotopic (exact) mass is 289 g/mol. The lowest BCUT2D eigenvalue weighted by atomic mass is 10.2. The molecule has 2 heterocycles. The molecule has 1 N–H and O–H groups in total. The van der Waals surface area contributed by atoms with E-state index in [0.717, 1.165) is 31.7 Å². The minimum Gasteiger partial charge on any atom is -0.308 e. The largest absolute Gasteiger partial charge is 0.308 e. The van der Waals surface area contributed by atoms with Gasteiger partial charge in [0.15, 0.2) is 0 Å². The van der Waals surface area contributed by atoms with E-state index in [1.165, 1.54) is 16.8 Å². The van der Waals surface area contributed by atoms with Gasteiger partial charge in [0.2, 0.25) is 0 Å². The Labute approximate surface area is 127 Å². The van der Waals surface area contributed by atoms with Gasteiger partial charge in [0.1, 0.15) is 0 Å². The molecule has 21 heavy (non-hydrogen) atoms. The van der Waals surface area contributed by atoms with Crippen molar-refractivity contribution < 1.29 is 0 Å². The van der Waals surface area contributed by atoms with E-state index in [1.807, 2.05) is 10.9 Å². The van der Waals surface area contributed by atoms with E-state index in [9.17, 15) is 0 Å². The Morgan fingerprint density at radius 2 is 1.90 bits per heavy atom. The summed E-state index contributed by atoms with van der Waals surface area (Å²) in [6.07, 6.45) is 5.23. The lowest BCUT2D eigenvalue weighted by Crippen LogP contribution is -2.14. The van der Waals surface area contributed by atoms with Gasteiger partial charge in [-0.05, 0) is 34.1 Å². The molecule has 0 bridgehead atoms. The average Bonchev–Trinajstić information content (AvgIpc) is 2.95. The number of nitrogens with zero attached hydrogens (tertiary/aromatic N) is 4. The van der Waals surface area contributed by atoms with Crippen LogP contribution in [0.1, 0.15) is 55.7 Å². The topological polar surface area (TPSA) is 47.7 Å². The zero-order chi connectivity index (χ0) is 15.4. The molecular weight excluding hydrogens is 262 g/mol. The maximum Gasteiger partial charge on any atom is 0.0638 e. The molecule has 0 radical (unpaired) electrons. The lowest BCUT2D eigenvalue weighted by Gasteiger charge is -2.09. The summed E-state index contributed by atoms with van der Waals surface area (Å²) in [6.45, 7) is 13.4. The molecule has 0 amide bonds.